The normalized spacial score (nSPS) is 20.1. The summed E-state index contributed by atoms with van der Waals surface area (Å²) in [6, 6.07) is 6.96. The zero-order chi connectivity index (χ0) is 18.5. The highest BCUT2D eigenvalue weighted by molar-refractivity contribution is 5.89. The number of quaternary nitrogens is 2. The van der Waals surface area contributed by atoms with Gasteiger partial charge in [0.2, 0.25) is 0 Å². The fourth-order valence-electron chi connectivity index (χ4n) is 3.50. The maximum Gasteiger partial charge on any atom is 0.411 e. The van der Waals surface area contributed by atoms with E-state index in [1.54, 1.807) is 30.0 Å². The Balaban J connectivity index is 1.80. The molecule has 26 heavy (non-hydrogen) atoms. The second kappa shape index (κ2) is 8.33. The summed E-state index contributed by atoms with van der Waals surface area (Å²) in [5.74, 6) is 0. The van der Waals surface area contributed by atoms with Crippen LogP contribution in [0, 0.1) is 0 Å². The Morgan fingerprint density at radius 3 is 2.58 bits per heavy atom. The minimum absolute atomic E-state index is 0.300. The minimum atomic E-state index is -0.522. The highest BCUT2D eigenvalue weighted by Gasteiger charge is 2.22. The van der Waals surface area contributed by atoms with Crippen LogP contribution >= 0.6 is 0 Å². The quantitative estimate of drug-likeness (QED) is 0.637. The number of fused-ring (bicyclic) bond motifs is 1. The van der Waals surface area contributed by atoms with Crippen molar-refractivity contribution < 1.29 is 23.7 Å². The van der Waals surface area contributed by atoms with Crippen molar-refractivity contribution in [3.05, 3.63) is 40.2 Å². The van der Waals surface area contributed by atoms with Gasteiger partial charge in [0.1, 0.15) is 38.3 Å². The molecule has 1 fully saturated rings. The van der Waals surface area contributed by atoms with Gasteiger partial charge >= 0.3 is 11.7 Å². The van der Waals surface area contributed by atoms with E-state index in [0.29, 0.717) is 17.9 Å². The Hall–Kier alpha value is -2.38. The smallest absolute Gasteiger partial charge is 0.411 e. The predicted octanol–water partition coefficient (Wildman–Crippen LogP) is -0.335. The number of hydrogen-bond acceptors (Lipinski definition) is 4. The van der Waals surface area contributed by atoms with Crippen LogP contribution in [0.5, 0.6) is 0 Å². The van der Waals surface area contributed by atoms with E-state index < -0.39 is 6.09 Å². The topological polar surface area (TPSA) is 77.4 Å². The Morgan fingerprint density at radius 1 is 1.15 bits per heavy atom. The second-order valence-corrected chi connectivity index (χ2v) is 6.68. The number of hydrogen-bond donors (Lipinski definition) is 3. The number of nitrogens with one attached hydrogen (secondary N) is 3. The molecule has 0 aliphatic carbocycles. The second-order valence-electron chi connectivity index (χ2n) is 6.68. The summed E-state index contributed by atoms with van der Waals surface area (Å²) in [5, 5.41) is 3.55. The van der Waals surface area contributed by atoms with Crippen molar-refractivity contribution in [2.75, 3.05) is 44.6 Å². The number of benzene rings is 1. The molecule has 1 aliphatic rings. The SMILES string of the molecule is CCOC(=O)Nc1ccc2c(C[NH+]3CC[NH+](CC)CC3)cc(=O)oc2c1. The summed E-state index contributed by atoms with van der Waals surface area (Å²) in [5.41, 5.74) is 1.66. The summed E-state index contributed by atoms with van der Waals surface area (Å²) in [7, 11) is 0. The van der Waals surface area contributed by atoms with Crippen LogP contribution in [0.1, 0.15) is 19.4 Å². The molecule has 1 aromatic carbocycles. The Labute approximate surface area is 152 Å². The van der Waals surface area contributed by atoms with Gasteiger partial charge in [0.15, 0.2) is 0 Å². The van der Waals surface area contributed by atoms with Crippen LogP contribution in [-0.4, -0.2) is 45.4 Å². The van der Waals surface area contributed by atoms with Gasteiger partial charge in [0, 0.05) is 28.8 Å². The first-order chi connectivity index (χ1) is 12.6. The number of ether oxygens (including phenoxy) is 1. The fourth-order valence-corrected chi connectivity index (χ4v) is 3.50. The molecule has 2 heterocycles. The monoisotopic (exact) mass is 361 g/mol. The van der Waals surface area contributed by atoms with Crippen molar-refractivity contribution in [1.82, 2.24) is 0 Å². The van der Waals surface area contributed by atoms with Crippen LogP contribution in [0.2, 0.25) is 0 Å². The maximum atomic E-state index is 12.0. The number of amides is 1. The van der Waals surface area contributed by atoms with Crippen molar-refractivity contribution in [1.29, 1.82) is 0 Å². The third-order valence-corrected chi connectivity index (χ3v) is 4.96. The summed E-state index contributed by atoms with van der Waals surface area (Å²) in [6.45, 7) is 10.8. The van der Waals surface area contributed by atoms with Crippen LogP contribution in [0.15, 0.2) is 33.5 Å². The lowest BCUT2D eigenvalue weighted by molar-refractivity contribution is -1.02. The van der Waals surface area contributed by atoms with Gasteiger partial charge in [-0.05, 0) is 26.0 Å². The number of rotatable bonds is 5. The third kappa shape index (κ3) is 4.42. The zero-order valence-electron chi connectivity index (χ0n) is 15.4. The summed E-state index contributed by atoms with van der Waals surface area (Å²) in [6.07, 6.45) is -0.522. The number of carbonyl (C=O) groups excluding carboxylic acids is 1. The van der Waals surface area contributed by atoms with Crippen molar-refractivity contribution in [2.24, 2.45) is 0 Å². The lowest BCUT2D eigenvalue weighted by Gasteiger charge is -2.29. The van der Waals surface area contributed by atoms with E-state index in [0.717, 1.165) is 30.6 Å². The molecule has 0 saturated carbocycles. The van der Waals surface area contributed by atoms with E-state index in [4.69, 9.17) is 9.15 Å². The van der Waals surface area contributed by atoms with Crippen LogP contribution in [0.25, 0.3) is 11.0 Å². The molecule has 1 saturated heterocycles. The molecule has 0 bridgehead atoms. The summed E-state index contributed by atoms with van der Waals surface area (Å²) in [4.78, 5) is 26.7. The molecule has 7 nitrogen and oxygen atoms in total. The summed E-state index contributed by atoms with van der Waals surface area (Å²) >= 11 is 0. The van der Waals surface area contributed by atoms with Gasteiger partial charge in [-0.25, -0.2) is 9.59 Å². The van der Waals surface area contributed by atoms with Crippen molar-refractivity contribution in [2.45, 2.75) is 20.4 Å². The van der Waals surface area contributed by atoms with Gasteiger partial charge in [-0.3, -0.25) is 5.32 Å². The molecule has 3 N–H and O–H groups in total. The predicted molar refractivity (Wildman–Crippen MR) is 98.8 cm³/mol. The number of anilines is 1. The van der Waals surface area contributed by atoms with Gasteiger partial charge in [-0.15, -0.1) is 0 Å². The molecule has 0 radical (unpaired) electrons. The van der Waals surface area contributed by atoms with Crippen LogP contribution in [-0.2, 0) is 11.3 Å². The van der Waals surface area contributed by atoms with E-state index in [1.165, 1.54) is 24.5 Å². The van der Waals surface area contributed by atoms with Gasteiger partial charge in [-0.2, -0.15) is 0 Å². The van der Waals surface area contributed by atoms with E-state index in [-0.39, 0.29) is 5.63 Å². The molecule has 1 amide bonds. The molecule has 7 heteroatoms. The van der Waals surface area contributed by atoms with Crippen molar-refractivity contribution >= 4 is 22.7 Å². The molecule has 140 valence electrons. The largest absolute Gasteiger partial charge is 0.450 e. The lowest BCUT2D eigenvalue weighted by atomic mass is 10.1. The van der Waals surface area contributed by atoms with Gasteiger partial charge in [0.25, 0.3) is 0 Å². The molecular formula is C19H27N3O4+2. The molecule has 1 aliphatic heterocycles. The zero-order valence-corrected chi connectivity index (χ0v) is 15.4. The van der Waals surface area contributed by atoms with Crippen LogP contribution in [0.3, 0.4) is 0 Å². The van der Waals surface area contributed by atoms with Crippen molar-refractivity contribution in [3.63, 3.8) is 0 Å². The number of carbonyl (C=O) groups is 1. The molecule has 0 spiro atoms. The lowest BCUT2D eigenvalue weighted by Crippen LogP contribution is -3.27. The summed E-state index contributed by atoms with van der Waals surface area (Å²) < 4.78 is 10.2. The van der Waals surface area contributed by atoms with E-state index in [9.17, 15) is 9.59 Å². The molecule has 0 atom stereocenters. The first kappa shape index (κ1) is 18.4. The first-order valence-electron chi connectivity index (χ1n) is 9.26. The molecule has 3 rings (SSSR count). The van der Waals surface area contributed by atoms with Crippen LogP contribution < -0.4 is 20.7 Å². The standard InChI is InChI=1S/C19H25N3O4/c1-3-21-7-9-22(10-8-21)13-14-11-18(23)26-17-12-15(5-6-16(14)17)20-19(24)25-4-2/h5-6,11-12H,3-4,7-10,13H2,1-2H3,(H,20,24)/p+2. The fraction of sp³-hybridized carbons (Fsp3) is 0.474. The van der Waals surface area contributed by atoms with Gasteiger partial charge < -0.3 is 19.0 Å². The molecule has 2 aromatic rings. The highest BCUT2D eigenvalue weighted by atomic mass is 16.5. The van der Waals surface area contributed by atoms with E-state index in [1.807, 2.05) is 6.07 Å². The Bertz CT molecular complexity index is 825. The average molecular weight is 361 g/mol. The Kier molecular flexibility index (Phi) is 5.90. The van der Waals surface area contributed by atoms with Crippen LogP contribution in [0.4, 0.5) is 10.5 Å². The number of likely N-dealkylation sites (N-methyl/N-ethyl adjacent to an activating group) is 1. The van der Waals surface area contributed by atoms with Crippen molar-refractivity contribution in [3.8, 4) is 0 Å². The average Bonchev–Trinajstić information content (AvgIpc) is 2.62. The van der Waals surface area contributed by atoms with E-state index >= 15 is 0 Å². The molecule has 1 aromatic heterocycles. The highest BCUT2D eigenvalue weighted by Crippen LogP contribution is 2.21. The Morgan fingerprint density at radius 2 is 1.88 bits per heavy atom. The molecule has 0 unspecified atom stereocenters. The van der Waals surface area contributed by atoms with Gasteiger partial charge in [-0.1, -0.05) is 0 Å². The third-order valence-electron chi connectivity index (χ3n) is 4.96. The first-order valence-corrected chi connectivity index (χ1v) is 9.26. The maximum absolute atomic E-state index is 12.0. The van der Waals surface area contributed by atoms with Gasteiger partial charge in [0.05, 0.1) is 13.2 Å². The number of piperazine rings is 1. The van der Waals surface area contributed by atoms with E-state index in [2.05, 4.69) is 12.2 Å². The minimum Gasteiger partial charge on any atom is -0.450 e. The molecular weight excluding hydrogens is 334 g/mol.